The van der Waals surface area contributed by atoms with Gasteiger partial charge in [0.25, 0.3) is 10.0 Å². The van der Waals surface area contributed by atoms with Gasteiger partial charge in [-0.2, -0.15) is 0 Å². The van der Waals surface area contributed by atoms with E-state index in [4.69, 9.17) is 11.6 Å². The van der Waals surface area contributed by atoms with Crippen molar-refractivity contribution >= 4 is 55.1 Å². The van der Waals surface area contributed by atoms with E-state index < -0.39 is 28.5 Å². The number of nitrogens with one attached hydrogen (secondary N) is 1. The van der Waals surface area contributed by atoms with E-state index in [0.29, 0.717) is 33.7 Å². The van der Waals surface area contributed by atoms with Crippen LogP contribution in [0.25, 0.3) is 0 Å². The molecule has 0 aliphatic heterocycles. The van der Waals surface area contributed by atoms with Crippen LogP contribution in [0.2, 0.25) is 5.02 Å². The lowest BCUT2D eigenvalue weighted by molar-refractivity contribution is -0.140. The van der Waals surface area contributed by atoms with Crippen LogP contribution in [0.15, 0.2) is 82.2 Å². The second kappa shape index (κ2) is 13.3. The number of aryl methyl sites for hydroxylation is 1. The smallest absolute Gasteiger partial charge is 0.264 e. The van der Waals surface area contributed by atoms with Gasteiger partial charge in [-0.1, -0.05) is 76.4 Å². The lowest BCUT2D eigenvalue weighted by Crippen LogP contribution is -2.52. The Bertz CT molecular complexity index is 1380. The highest BCUT2D eigenvalue weighted by molar-refractivity contribution is 9.10. The number of hydrogen-bond donors (Lipinski definition) is 1. The maximum atomic E-state index is 14.0. The minimum absolute atomic E-state index is 0.0467. The molecule has 0 radical (unpaired) electrons. The number of hydrogen-bond acceptors (Lipinski definition) is 4. The highest BCUT2D eigenvalue weighted by Crippen LogP contribution is 2.28. The third-order valence-electron chi connectivity index (χ3n) is 6.02. The van der Waals surface area contributed by atoms with Crippen molar-refractivity contribution in [2.45, 2.75) is 44.7 Å². The molecule has 38 heavy (non-hydrogen) atoms. The number of anilines is 1. The Morgan fingerprint density at radius 1 is 1.00 bits per heavy atom. The molecule has 2 amide bonds. The van der Waals surface area contributed by atoms with Gasteiger partial charge in [-0.05, 0) is 62.2 Å². The van der Waals surface area contributed by atoms with Crippen LogP contribution in [0.5, 0.6) is 0 Å². The third-order valence-corrected chi connectivity index (χ3v) is 8.67. The zero-order valence-corrected chi connectivity index (χ0v) is 24.7. The SMILES string of the molecule is CCNC(=O)C(CC)N(Cc1ccccc1Cl)C(=O)CN(c1cccc(Br)c1)S(=O)(=O)c1ccc(C)cc1. The number of halogens is 2. The fourth-order valence-electron chi connectivity index (χ4n) is 4.02. The summed E-state index contributed by atoms with van der Waals surface area (Å²) in [4.78, 5) is 28.4. The highest BCUT2D eigenvalue weighted by atomic mass is 79.9. The molecule has 1 unspecified atom stereocenters. The first-order valence-corrected chi connectivity index (χ1v) is 14.8. The van der Waals surface area contributed by atoms with E-state index in [1.165, 1.54) is 17.0 Å². The fourth-order valence-corrected chi connectivity index (χ4v) is 6.01. The monoisotopic (exact) mass is 619 g/mol. The average Bonchev–Trinajstić information content (AvgIpc) is 2.88. The molecule has 3 aromatic carbocycles. The average molecular weight is 621 g/mol. The van der Waals surface area contributed by atoms with Crippen molar-refractivity contribution in [2.24, 2.45) is 0 Å². The van der Waals surface area contributed by atoms with Crippen molar-refractivity contribution in [1.82, 2.24) is 10.2 Å². The standard InChI is InChI=1S/C28H31BrClN3O4S/c1-4-26(28(35)31-5-2)32(18-21-9-6-7-12-25(21)30)27(34)19-33(23-11-8-10-22(29)17-23)38(36,37)24-15-13-20(3)14-16-24/h6-17,26H,4-5,18-19H2,1-3H3,(H,31,35). The van der Waals surface area contributed by atoms with E-state index in [-0.39, 0.29) is 17.3 Å². The molecule has 1 N–H and O–H groups in total. The van der Waals surface area contributed by atoms with Gasteiger partial charge in [-0.3, -0.25) is 13.9 Å². The van der Waals surface area contributed by atoms with Gasteiger partial charge < -0.3 is 10.2 Å². The molecular weight excluding hydrogens is 590 g/mol. The van der Waals surface area contributed by atoms with Gasteiger partial charge in [0.15, 0.2) is 0 Å². The van der Waals surface area contributed by atoms with E-state index in [1.54, 1.807) is 67.6 Å². The Morgan fingerprint density at radius 2 is 1.68 bits per heavy atom. The largest absolute Gasteiger partial charge is 0.355 e. The molecule has 7 nitrogen and oxygen atoms in total. The number of benzene rings is 3. The van der Waals surface area contributed by atoms with Gasteiger partial charge in [-0.25, -0.2) is 8.42 Å². The van der Waals surface area contributed by atoms with Crippen LogP contribution in [0.3, 0.4) is 0 Å². The van der Waals surface area contributed by atoms with Gasteiger partial charge in [0, 0.05) is 22.6 Å². The van der Waals surface area contributed by atoms with Crippen molar-refractivity contribution in [3.8, 4) is 0 Å². The van der Waals surface area contributed by atoms with Gasteiger partial charge in [0.1, 0.15) is 12.6 Å². The normalized spacial score (nSPS) is 12.0. The Labute approximate surface area is 238 Å². The molecule has 0 aliphatic carbocycles. The number of nitrogens with zero attached hydrogens (tertiary/aromatic N) is 2. The first kappa shape index (κ1) is 29.7. The molecule has 0 saturated carbocycles. The quantitative estimate of drug-likeness (QED) is 0.305. The van der Waals surface area contributed by atoms with Crippen LogP contribution in [0, 0.1) is 6.92 Å². The summed E-state index contributed by atoms with van der Waals surface area (Å²) >= 11 is 9.79. The van der Waals surface area contributed by atoms with Crippen LogP contribution in [-0.2, 0) is 26.2 Å². The van der Waals surface area contributed by atoms with Crippen molar-refractivity contribution < 1.29 is 18.0 Å². The summed E-state index contributed by atoms with van der Waals surface area (Å²) in [6.45, 7) is 5.41. The van der Waals surface area contributed by atoms with Crippen LogP contribution in [0.1, 0.15) is 31.4 Å². The Morgan fingerprint density at radius 3 is 2.29 bits per heavy atom. The lowest BCUT2D eigenvalue weighted by atomic mass is 10.1. The Balaban J connectivity index is 2.07. The predicted octanol–water partition coefficient (Wildman–Crippen LogP) is 5.55. The Kier molecular flexibility index (Phi) is 10.4. The topological polar surface area (TPSA) is 86.8 Å². The third kappa shape index (κ3) is 7.15. The molecule has 0 aliphatic rings. The van der Waals surface area contributed by atoms with Gasteiger partial charge >= 0.3 is 0 Å². The molecule has 0 aromatic heterocycles. The van der Waals surface area contributed by atoms with Gasteiger partial charge in [-0.15, -0.1) is 0 Å². The molecule has 0 bridgehead atoms. The van der Waals surface area contributed by atoms with Crippen molar-refractivity contribution in [1.29, 1.82) is 0 Å². The first-order chi connectivity index (χ1) is 18.1. The van der Waals surface area contributed by atoms with E-state index in [9.17, 15) is 18.0 Å². The predicted molar refractivity (Wildman–Crippen MR) is 155 cm³/mol. The number of amides is 2. The van der Waals surface area contributed by atoms with E-state index in [2.05, 4.69) is 21.2 Å². The van der Waals surface area contributed by atoms with Crippen molar-refractivity contribution in [2.75, 3.05) is 17.4 Å². The van der Waals surface area contributed by atoms with Crippen LogP contribution in [0.4, 0.5) is 5.69 Å². The number of likely N-dealkylation sites (N-methyl/N-ethyl adjacent to an activating group) is 1. The van der Waals surface area contributed by atoms with Crippen LogP contribution < -0.4 is 9.62 Å². The molecule has 0 spiro atoms. The zero-order chi connectivity index (χ0) is 27.9. The summed E-state index contributed by atoms with van der Waals surface area (Å²) in [5.41, 5.74) is 1.88. The summed E-state index contributed by atoms with van der Waals surface area (Å²) in [5.74, 6) is -0.843. The lowest BCUT2D eigenvalue weighted by Gasteiger charge is -2.33. The van der Waals surface area contributed by atoms with Crippen molar-refractivity contribution in [3.05, 3.63) is 93.4 Å². The molecular formula is C28H31BrClN3O4S. The Hall–Kier alpha value is -2.88. The maximum Gasteiger partial charge on any atom is 0.264 e. The molecule has 1 atom stereocenters. The van der Waals surface area contributed by atoms with E-state index in [1.807, 2.05) is 13.8 Å². The highest BCUT2D eigenvalue weighted by Gasteiger charge is 2.33. The number of rotatable bonds is 11. The molecule has 0 fully saturated rings. The number of sulfonamides is 1. The minimum Gasteiger partial charge on any atom is -0.355 e. The summed E-state index contributed by atoms with van der Waals surface area (Å²) in [7, 11) is -4.12. The summed E-state index contributed by atoms with van der Waals surface area (Å²) in [6.07, 6.45) is 0.337. The van der Waals surface area contributed by atoms with E-state index >= 15 is 0 Å². The first-order valence-electron chi connectivity index (χ1n) is 12.2. The number of carbonyl (C=O) groups excluding carboxylic acids is 2. The molecule has 0 saturated heterocycles. The van der Waals surface area contributed by atoms with E-state index in [0.717, 1.165) is 9.87 Å². The molecule has 3 aromatic rings. The summed E-state index contributed by atoms with van der Waals surface area (Å²) in [6, 6.07) is 19.4. The zero-order valence-electron chi connectivity index (χ0n) is 21.5. The second-order valence-electron chi connectivity index (χ2n) is 8.74. The van der Waals surface area contributed by atoms with Crippen molar-refractivity contribution in [3.63, 3.8) is 0 Å². The van der Waals surface area contributed by atoms with Gasteiger partial charge in [0.2, 0.25) is 11.8 Å². The summed E-state index contributed by atoms with van der Waals surface area (Å²) < 4.78 is 29.4. The molecule has 3 rings (SSSR count). The minimum atomic E-state index is -4.12. The molecule has 202 valence electrons. The van der Waals surface area contributed by atoms with Crippen LogP contribution in [-0.4, -0.2) is 44.3 Å². The maximum absolute atomic E-state index is 14.0. The van der Waals surface area contributed by atoms with Crippen LogP contribution >= 0.6 is 27.5 Å². The second-order valence-corrected chi connectivity index (χ2v) is 11.9. The van der Waals surface area contributed by atoms with Gasteiger partial charge in [0.05, 0.1) is 10.6 Å². The number of carbonyl (C=O) groups is 2. The summed E-state index contributed by atoms with van der Waals surface area (Å²) in [5, 5.41) is 3.23. The molecule has 10 heteroatoms. The molecule has 0 heterocycles. The fraction of sp³-hybridized carbons (Fsp3) is 0.286.